The first-order valence-electron chi connectivity index (χ1n) is 6.08. The summed E-state index contributed by atoms with van der Waals surface area (Å²) in [6, 6.07) is 15.9. The Hall–Kier alpha value is -2.62. The summed E-state index contributed by atoms with van der Waals surface area (Å²) in [4.78, 5) is 0. The molecule has 0 atom stereocenters. The molecule has 1 aromatic heterocycles. The number of rotatable bonds is 2. The Kier molecular flexibility index (Phi) is 2.76. The molecule has 3 rings (SSSR count). The number of hydrogen-bond donors (Lipinski definition) is 1. The van der Waals surface area contributed by atoms with E-state index in [0.717, 1.165) is 28.2 Å². The van der Waals surface area contributed by atoms with Crippen LogP contribution in [0, 0.1) is 6.92 Å². The molecule has 1 heterocycles. The smallest absolute Gasteiger partial charge is 0.0964 e. The molecule has 4 heteroatoms. The van der Waals surface area contributed by atoms with Crippen molar-refractivity contribution >= 4 is 5.69 Å². The van der Waals surface area contributed by atoms with Gasteiger partial charge in [0.1, 0.15) is 0 Å². The molecule has 0 unspecified atom stereocenters. The summed E-state index contributed by atoms with van der Waals surface area (Å²) in [5, 5.41) is 8.13. The van der Waals surface area contributed by atoms with Gasteiger partial charge < -0.3 is 5.73 Å². The van der Waals surface area contributed by atoms with Gasteiger partial charge >= 0.3 is 0 Å². The van der Waals surface area contributed by atoms with Crippen LogP contribution in [0.15, 0.2) is 54.7 Å². The number of anilines is 1. The maximum absolute atomic E-state index is 6.09. The molecule has 3 aromatic rings. The number of para-hydroxylation sites is 1. The molecule has 4 nitrogen and oxygen atoms in total. The second-order valence-corrected chi connectivity index (χ2v) is 4.46. The van der Waals surface area contributed by atoms with Crippen molar-refractivity contribution < 1.29 is 0 Å². The minimum absolute atomic E-state index is 0.736. The second-order valence-electron chi connectivity index (χ2n) is 4.46. The van der Waals surface area contributed by atoms with E-state index in [9.17, 15) is 0 Å². The van der Waals surface area contributed by atoms with Gasteiger partial charge in [-0.1, -0.05) is 35.5 Å². The Balaban J connectivity index is 2.15. The van der Waals surface area contributed by atoms with Crippen LogP contribution in [0.25, 0.3) is 16.9 Å². The quantitative estimate of drug-likeness (QED) is 0.711. The van der Waals surface area contributed by atoms with Crippen molar-refractivity contribution in [3.63, 3.8) is 0 Å². The SMILES string of the molecule is Cc1ccc(-c2cnnn2-c2ccccc2)c(N)c1. The van der Waals surface area contributed by atoms with E-state index in [0.29, 0.717) is 0 Å². The molecule has 0 aliphatic heterocycles. The third kappa shape index (κ3) is 2.08. The van der Waals surface area contributed by atoms with Gasteiger partial charge in [-0.05, 0) is 30.7 Å². The fourth-order valence-corrected chi connectivity index (χ4v) is 2.09. The highest BCUT2D eigenvalue weighted by Gasteiger charge is 2.11. The molecule has 94 valence electrons. The van der Waals surface area contributed by atoms with Crippen LogP contribution in [0.1, 0.15) is 5.56 Å². The maximum Gasteiger partial charge on any atom is 0.0964 e. The zero-order chi connectivity index (χ0) is 13.2. The molecule has 2 N–H and O–H groups in total. The fraction of sp³-hybridized carbons (Fsp3) is 0.0667. The van der Waals surface area contributed by atoms with Gasteiger partial charge in [0.15, 0.2) is 0 Å². The largest absolute Gasteiger partial charge is 0.398 e. The van der Waals surface area contributed by atoms with Crippen LogP contribution in [-0.2, 0) is 0 Å². The molecule has 0 aliphatic rings. The predicted octanol–water partition coefficient (Wildman–Crippen LogP) is 2.82. The number of nitrogens with zero attached hydrogens (tertiary/aromatic N) is 3. The maximum atomic E-state index is 6.09. The summed E-state index contributed by atoms with van der Waals surface area (Å²) in [6.45, 7) is 2.02. The van der Waals surface area contributed by atoms with Gasteiger partial charge in [-0.3, -0.25) is 0 Å². The van der Waals surface area contributed by atoms with E-state index in [1.165, 1.54) is 0 Å². The molecular formula is C15H14N4. The van der Waals surface area contributed by atoms with Crippen molar-refractivity contribution in [3.8, 4) is 16.9 Å². The van der Waals surface area contributed by atoms with Gasteiger partial charge in [-0.15, -0.1) is 5.10 Å². The van der Waals surface area contributed by atoms with Gasteiger partial charge in [0.25, 0.3) is 0 Å². The van der Waals surface area contributed by atoms with Crippen LogP contribution in [-0.4, -0.2) is 15.0 Å². The summed E-state index contributed by atoms with van der Waals surface area (Å²) >= 11 is 0. The van der Waals surface area contributed by atoms with Crippen LogP contribution in [0.5, 0.6) is 0 Å². The average molecular weight is 250 g/mol. The van der Waals surface area contributed by atoms with E-state index < -0.39 is 0 Å². The zero-order valence-corrected chi connectivity index (χ0v) is 10.6. The van der Waals surface area contributed by atoms with Gasteiger partial charge in [-0.25, -0.2) is 4.68 Å². The lowest BCUT2D eigenvalue weighted by Crippen LogP contribution is -2.00. The first kappa shape index (κ1) is 11.5. The van der Waals surface area contributed by atoms with Crippen molar-refractivity contribution in [2.45, 2.75) is 6.92 Å². The third-order valence-electron chi connectivity index (χ3n) is 3.03. The summed E-state index contributed by atoms with van der Waals surface area (Å²) < 4.78 is 1.79. The zero-order valence-electron chi connectivity index (χ0n) is 10.6. The first-order chi connectivity index (χ1) is 9.25. The summed E-state index contributed by atoms with van der Waals surface area (Å²) in [7, 11) is 0. The van der Waals surface area contributed by atoms with E-state index in [1.54, 1.807) is 10.9 Å². The second kappa shape index (κ2) is 4.57. The molecule has 0 radical (unpaired) electrons. The average Bonchev–Trinajstić information content (AvgIpc) is 2.89. The van der Waals surface area contributed by atoms with Gasteiger partial charge in [0.2, 0.25) is 0 Å². The summed E-state index contributed by atoms with van der Waals surface area (Å²) in [6.07, 6.45) is 1.73. The highest BCUT2D eigenvalue weighted by Crippen LogP contribution is 2.27. The molecule has 0 saturated carbocycles. The first-order valence-corrected chi connectivity index (χ1v) is 6.08. The number of nitrogens with two attached hydrogens (primary N) is 1. The molecule has 0 fully saturated rings. The van der Waals surface area contributed by atoms with E-state index in [2.05, 4.69) is 10.3 Å². The minimum Gasteiger partial charge on any atom is -0.398 e. The highest BCUT2D eigenvalue weighted by atomic mass is 15.4. The van der Waals surface area contributed by atoms with Crippen molar-refractivity contribution in [2.24, 2.45) is 0 Å². The minimum atomic E-state index is 0.736. The van der Waals surface area contributed by atoms with Crippen LogP contribution in [0.3, 0.4) is 0 Å². The van der Waals surface area contributed by atoms with E-state index in [4.69, 9.17) is 5.73 Å². The van der Waals surface area contributed by atoms with Crippen LogP contribution < -0.4 is 5.73 Å². The number of nitrogen functional groups attached to an aromatic ring is 1. The number of aryl methyl sites for hydroxylation is 1. The lowest BCUT2D eigenvalue weighted by molar-refractivity contribution is 0.808. The normalized spacial score (nSPS) is 10.6. The Morgan fingerprint density at radius 1 is 1.05 bits per heavy atom. The Morgan fingerprint density at radius 3 is 2.58 bits per heavy atom. The van der Waals surface area contributed by atoms with Crippen molar-refractivity contribution in [1.82, 2.24) is 15.0 Å². The van der Waals surface area contributed by atoms with Gasteiger partial charge in [0, 0.05) is 11.3 Å². The molecule has 19 heavy (non-hydrogen) atoms. The Labute approximate surface area is 111 Å². The third-order valence-corrected chi connectivity index (χ3v) is 3.03. The summed E-state index contributed by atoms with van der Waals surface area (Å²) in [5.74, 6) is 0. The van der Waals surface area contributed by atoms with Gasteiger partial charge in [0.05, 0.1) is 17.6 Å². The Bertz CT molecular complexity index is 701. The fourth-order valence-electron chi connectivity index (χ4n) is 2.09. The molecule has 0 saturated heterocycles. The molecule has 0 amide bonds. The van der Waals surface area contributed by atoms with Gasteiger partial charge in [-0.2, -0.15) is 0 Å². The molecule has 0 aliphatic carbocycles. The number of benzene rings is 2. The molecular weight excluding hydrogens is 236 g/mol. The Morgan fingerprint density at radius 2 is 1.84 bits per heavy atom. The number of hydrogen-bond acceptors (Lipinski definition) is 3. The number of aromatic nitrogens is 3. The van der Waals surface area contributed by atoms with E-state index in [1.807, 2.05) is 55.5 Å². The van der Waals surface area contributed by atoms with Crippen LogP contribution in [0.2, 0.25) is 0 Å². The van der Waals surface area contributed by atoms with Crippen molar-refractivity contribution in [2.75, 3.05) is 5.73 Å². The van der Waals surface area contributed by atoms with E-state index >= 15 is 0 Å². The lowest BCUT2D eigenvalue weighted by Gasteiger charge is -2.09. The van der Waals surface area contributed by atoms with Crippen molar-refractivity contribution in [3.05, 3.63) is 60.3 Å². The monoisotopic (exact) mass is 250 g/mol. The predicted molar refractivity (Wildman–Crippen MR) is 75.9 cm³/mol. The molecule has 0 spiro atoms. The molecule has 2 aromatic carbocycles. The van der Waals surface area contributed by atoms with Crippen LogP contribution >= 0.6 is 0 Å². The van der Waals surface area contributed by atoms with Crippen molar-refractivity contribution in [1.29, 1.82) is 0 Å². The topological polar surface area (TPSA) is 56.7 Å². The molecule has 0 bridgehead atoms. The van der Waals surface area contributed by atoms with Crippen LogP contribution in [0.4, 0.5) is 5.69 Å². The lowest BCUT2D eigenvalue weighted by atomic mass is 10.1. The summed E-state index contributed by atoms with van der Waals surface area (Å²) in [5.41, 5.74) is 10.8. The standard InChI is InChI=1S/C15H14N4/c1-11-7-8-13(14(16)9-11)15-10-17-18-19(15)12-5-3-2-4-6-12/h2-10H,16H2,1H3. The highest BCUT2D eigenvalue weighted by molar-refractivity contribution is 5.75. The van der Waals surface area contributed by atoms with E-state index in [-0.39, 0.29) is 0 Å².